The minimum Gasteiger partial charge on any atom is -0.315 e. The van der Waals surface area contributed by atoms with Gasteiger partial charge in [-0.1, -0.05) is 30.4 Å². The van der Waals surface area contributed by atoms with E-state index >= 15 is 0 Å². The summed E-state index contributed by atoms with van der Waals surface area (Å²) in [6, 6.07) is 11.5. The van der Waals surface area contributed by atoms with Gasteiger partial charge in [-0.3, -0.25) is 9.59 Å². The highest BCUT2D eigenvalue weighted by Gasteiger charge is 2.28. The number of hydrogen-bond donors (Lipinski definition) is 0. The molecule has 1 atom stereocenters. The molecule has 0 spiro atoms. The maximum Gasteiger partial charge on any atom is 0.251 e. The van der Waals surface area contributed by atoms with Crippen molar-refractivity contribution in [2.24, 2.45) is 5.92 Å². The molecule has 0 aliphatic heterocycles. The van der Waals surface area contributed by atoms with Crippen molar-refractivity contribution in [2.45, 2.75) is 45.6 Å². The van der Waals surface area contributed by atoms with Crippen LogP contribution in [0.2, 0.25) is 0 Å². The van der Waals surface area contributed by atoms with E-state index < -0.39 is 0 Å². The van der Waals surface area contributed by atoms with Gasteiger partial charge in [0.25, 0.3) is 5.56 Å². The van der Waals surface area contributed by atoms with Gasteiger partial charge in [0.2, 0.25) is 5.91 Å². The zero-order valence-corrected chi connectivity index (χ0v) is 17.2. The van der Waals surface area contributed by atoms with Crippen molar-refractivity contribution in [1.29, 1.82) is 0 Å². The second-order valence-corrected chi connectivity index (χ2v) is 7.88. The topological polar surface area (TPSA) is 42.3 Å². The van der Waals surface area contributed by atoms with E-state index in [0.29, 0.717) is 13.0 Å². The first-order chi connectivity index (χ1) is 14.1. The number of anilines is 1. The smallest absolute Gasteiger partial charge is 0.251 e. The van der Waals surface area contributed by atoms with Gasteiger partial charge in [0, 0.05) is 31.0 Å². The van der Waals surface area contributed by atoms with Crippen molar-refractivity contribution < 1.29 is 4.79 Å². The number of benzene rings is 1. The number of rotatable bonds is 4. The van der Waals surface area contributed by atoms with Crippen LogP contribution in [0.4, 0.5) is 5.69 Å². The first-order valence-electron chi connectivity index (χ1n) is 10.6. The second-order valence-electron chi connectivity index (χ2n) is 7.88. The number of allylic oxidation sites excluding steroid dienone is 2. The van der Waals surface area contributed by atoms with Crippen LogP contribution in [0.25, 0.3) is 11.6 Å². The molecule has 150 valence electrons. The molecule has 1 unspecified atom stereocenters. The highest BCUT2D eigenvalue weighted by molar-refractivity contribution is 5.97. The summed E-state index contributed by atoms with van der Waals surface area (Å²) in [5.41, 5.74) is 5.37. The maximum atomic E-state index is 13.2. The number of aromatic nitrogens is 1. The Morgan fingerprint density at radius 2 is 2.00 bits per heavy atom. The molecule has 4 nitrogen and oxygen atoms in total. The van der Waals surface area contributed by atoms with Crippen LogP contribution in [0, 0.1) is 5.92 Å². The van der Waals surface area contributed by atoms with Crippen LogP contribution in [0.15, 0.2) is 53.3 Å². The predicted octanol–water partition coefficient (Wildman–Crippen LogP) is 4.67. The van der Waals surface area contributed by atoms with E-state index in [1.807, 2.05) is 61.0 Å². The fraction of sp³-hybridized carbons (Fsp3) is 0.360. The number of para-hydroxylation sites is 1. The Balaban J connectivity index is 1.72. The average molecular weight is 389 g/mol. The first kappa shape index (κ1) is 19.4. The number of carbonyl (C=O) groups excluding carboxylic acids is 1. The molecule has 0 saturated heterocycles. The van der Waals surface area contributed by atoms with E-state index in [-0.39, 0.29) is 17.4 Å². The molecule has 0 radical (unpaired) electrons. The van der Waals surface area contributed by atoms with Gasteiger partial charge in [0.1, 0.15) is 0 Å². The number of nitrogens with zero attached hydrogens (tertiary/aromatic N) is 2. The monoisotopic (exact) mass is 388 g/mol. The summed E-state index contributed by atoms with van der Waals surface area (Å²) < 4.78 is 1.82. The molecule has 1 aromatic heterocycles. The summed E-state index contributed by atoms with van der Waals surface area (Å²) in [6.07, 6.45) is 11.3. The Labute approximate surface area is 172 Å². The standard InChI is InChI=1S/C25H28N2O2/c1-3-27-23-15-14-19(25(29)26(2)20-12-8-5-9-13-20)16-22(23)21(17-24(27)28)18-10-6-4-7-11-18/h5,8-10,12-15,17,19H,3-4,6-7,11,16H2,1-2H3. The largest absolute Gasteiger partial charge is 0.315 e. The zero-order valence-electron chi connectivity index (χ0n) is 17.2. The zero-order chi connectivity index (χ0) is 20.4. The van der Waals surface area contributed by atoms with Crippen LogP contribution in [-0.4, -0.2) is 17.5 Å². The summed E-state index contributed by atoms with van der Waals surface area (Å²) in [5, 5.41) is 0. The van der Waals surface area contributed by atoms with E-state index in [9.17, 15) is 9.59 Å². The van der Waals surface area contributed by atoms with Crippen LogP contribution >= 0.6 is 0 Å². The van der Waals surface area contributed by atoms with Crippen molar-refractivity contribution >= 4 is 23.2 Å². The normalized spacial score (nSPS) is 18.1. The van der Waals surface area contributed by atoms with Crippen molar-refractivity contribution in [2.75, 3.05) is 11.9 Å². The van der Waals surface area contributed by atoms with Crippen LogP contribution in [0.3, 0.4) is 0 Å². The Morgan fingerprint density at radius 3 is 2.69 bits per heavy atom. The molecule has 2 aliphatic carbocycles. The molecule has 0 bridgehead atoms. The van der Waals surface area contributed by atoms with Crippen molar-refractivity contribution in [3.63, 3.8) is 0 Å². The summed E-state index contributed by atoms with van der Waals surface area (Å²) >= 11 is 0. The first-order valence-corrected chi connectivity index (χ1v) is 10.6. The molecular formula is C25H28N2O2. The SMILES string of the molecule is CCn1c2c(c(C3=CCCCC3)cc1=O)CC(C(=O)N(C)c1ccccc1)C=C2. The quantitative estimate of drug-likeness (QED) is 0.764. The van der Waals surface area contributed by atoms with Gasteiger partial charge in [0.15, 0.2) is 0 Å². The molecule has 4 rings (SSSR count). The van der Waals surface area contributed by atoms with Crippen molar-refractivity contribution in [3.05, 3.63) is 75.7 Å². The van der Waals surface area contributed by atoms with Gasteiger partial charge in [0.05, 0.1) is 5.92 Å². The van der Waals surface area contributed by atoms with Crippen molar-refractivity contribution in [1.82, 2.24) is 4.57 Å². The van der Waals surface area contributed by atoms with E-state index in [0.717, 1.165) is 41.8 Å². The number of fused-ring (bicyclic) bond motifs is 1. The highest BCUT2D eigenvalue weighted by Crippen LogP contribution is 2.34. The van der Waals surface area contributed by atoms with Gasteiger partial charge in [-0.2, -0.15) is 0 Å². The van der Waals surface area contributed by atoms with Gasteiger partial charge in [-0.05, 0) is 73.9 Å². The molecule has 1 heterocycles. The van der Waals surface area contributed by atoms with E-state index in [4.69, 9.17) is 0 Å². The lowest BCUT2D eigenvalue weighted by molar-refractivity contribution is -0.120. The molecule has 1 amide bonds. The van der Waals surface area contributed by atoms with E-state index in [1.165, 1.54) is 12.0 Å². The number of hydrogen-bond acceptors (Lipinski definition) is 2. The Bertz CT molecular complexity index is 1030. The van der Waals surface area contributed by atoms with Gasteiger partial charge in [-0.15, -0.1) is 0 Å². The summed E-state index contributed by atoms with van der Waals surface area (Å²) in [5.74, 6) is -0.144. The average Bonchev–Trinajstić information content (AvgIpc) is 2.78. The van der Waals surface area contributed by atoms with Gasteiger partial charge in [-0.25, -0.2) is 0 Å². The fourth-order valence-electron chi connectivity index (χ4n) is 4.50. The lowest BCUT2D eigenvalue weighted by Crippen LogP contribution is -2.35. The lowest BCUT2D eigenvalue weighted by atomic mass is 9.83. The summed E-state index contributed by atoms with van der Waals surface area (Å²) in [6.45, 7) is 2.63. The van der Waals surface area contributed by atoms with E-state index in [2.05, 4.69) is 6.08 Å². The Morgan fingerprint density at radius 1 is 1.21 bits per heavy atom. The Hall–Kier alpha value is -2.88. The third-order valence-electron chi connectivity index (χ3n) is 6.11. The molecular weight excluding hydrogens is 360 g/mol. The molecule has 29 heavy (non-hydrogen) atoms. The molecule has 0 saturated carbocycles. The Kier molecular flexibility index (Phi) is 5.52. The predicted molar refractivity (Wildman–Crippen MR) is 119 cm³/mol. The number of pyridine rings is 1. The maximum absolute atomic E-state index is 13.2. The molecule has 2 aromatic rings. The molecule has 0 fully saturated rings. The summed E-state index contributed by atoms with van der Waals surface area (Å²) in [4.78, 5) is 27.7. The highest BCUT2D eigenvalue weighted by atomic mass is 16.2. The third-order valence-corrected chi connectivity index (χ3v) is 6.11. The van der Waals surface area contributed by atoms with Crippen LogP contribution in [0.1, 0.15) is 49.4 Å². The lowest BCUT2D eigenvalue weighted by Gasteiger charge is -2.28. The van der Waals surface area contributed by atoms with Crippen LogP contribution in [0.5, 0.6) is 0 Å². The van der Waals surface area contributed by atoms with Gasteiger partial charge >= 0.3 is 0 Å². The fourth-order valence-corrected chi connectivity index (χ4v) is 4.50. The molecule has 4 heteroatoms. The molecule has 2 aliphatic rings. The second kappa shape index (κ2) is 8.24. The minimum atomic E-state index is -0.224. The summed E-state index contributed by atoms with van der Waals surface area (Å²) in [7, 11) is 1.83. The number of carbonyl (C=O) groups is 1. The molecule has 0 N–H and O–H groups in total. The molecule has 1 aromatic carbocycles. The minimum absolute atomic E-state index is 0.0450. The third kappa shape index (κ3) is 3.71. The van der Waals surface area contributed by atoms with E-state index in [1.54, 1.807) is 11.0 Å². The van der Waals surface area contributed by atoms with Crippen molar-refractivity contribution in [3.8, 4) is 0 Å². The van der Waals surface area contributed by atoms with Gasteiger partial charge < -0.3 is 9.47 Å². The van der Waals surface area contributed by atoms with Crippen LogP contribution in [-0.2, 0) is 17.8 Å². The van der Waals surface area contributed by atoms with Crippen LogP contribution < -0.4 is 10.5 Å². The number of amides is 1.